The van der Waals surface area contributed by atoms with Gasteiger partial charge in [0.05, 0.1) is 18.6 Å². The summed E-state index contributed by atoms with van der Waals surface area (Å²) in [7, 11) is 1.33. The fourth-order valence-electron chi connectivity index (χ4n) is 2.71. The number of hydrogen-bond donors (Lipinski definition) is 1. The van der Waals surface area contributed by atoms with Gasteiger partial charge in [0.2, 0.25) is 5.91 Å². The number of aryl methyl sites for hydroxylation is 1. The summed E-state index contributed by atoms with van der Waals surface area (Å²) in [6.07, 6.45) is 2.92. The van der Waals surface area contributed by atoms with Crippen LogP contribution in [0.5, 0.6) is 0 Å². The molecule has 0 saturated heterocycles. The van der Waals surface area contributed by atoms with E-state index >= 15 is 0 Å². The molecule has 1 aromatic heterocycles. The van der Waals surface area contributed by atoms with E-state index in [9.17, 15) is 9.59 Å². The maximum atomic E-state index is 12.2. The maximum Gasteiger partial charge on any atom is 0.342 e. The van der Waals surface area contributed by atoms with Crippen LogP contribution in [0.3, 0.4) is 0 Å². The smallest absolute Gasteiger partial charge is 0.342 e. The number of nitrogens with one attached hydrogen (secondary N) is 1. The third-order valence-electron chi connectivity index (χ3n) is 4.32. The van der Waals surface area contributed by atoms with Crippen LogP contribution in [0.25, 0.3) is 0 Å². The third kappa shape index (κ3) is 5.29. The molecule has 1 aliphatic rings. The molecule has 1 heterocycles. The van der Waals surface area contributed by atoms with Gasteiger partial charge in [-0.15, -0.1) is 0 Å². The van der Waals surface area contributed by atoms with Crippen molar-refractivity contribution < 1.29 is 14.3 Å². The lowest BCUT2D eigenvalue weighted by atomic mass is 10.1. The Morgan fingerprint density at radius 3 is 2.63 bits per heavy atom. The first-order valence-corrected chi connectivity index (χ1v) is 9.97. The van der Waals surface area contributed by atoms with Crippen LogP contribution in [0.2, 0.25) is 0 Å². The van der Waals surface area contributed by atoms with E-state index in [0.29, 0.717) is 28.7 Å². The van der Waals surface area contributed by atoms with Crippen LogP contribution in [-0.4, -0.2) is 41.3 Å². The molecule has 6 nitrogen and oxygen atoms in total. The third-order valence-corrected chi connectivity index (χ3v) is 5.30. The summed E-state index contributed by atoms with van der Waals surface area (Å²) in [5.41, 5.74) is 2.13. The highest BCUT2D eigenvalue weighted by Crippen LogP contribution is 2.39. The average Bonchev–Trinajstić information content (AvgIpc) is 3.51. The molecule has 1 aliphatic carbocycles. The standard InChI is InChI=1S/C20H23N3O3S/c1-13-17(20(25)26-2)19(23-18(22-13)15-8-9-15)27-12-16(24)21-11-10-14-6-4-3-5-7-14/h3-7,15H,8-12H2,1-2H3,(H,21,24). The normalized spacial score (nSPS) is 13.3. The molecule has 0 aliphatic heterocycles. The second-order valence-corrected chi connectivity index (χ2v) is 7.45. The molecule has 0 bridgehead atoms. The molecule has 7 heteroatoms. The number of thioether (sulfide) groups is 1. The van der Waals surface area contributed by atoms with E-state index in [-0.39, 0.29) is 11.7 Å². The Hall–Kier alpha value is -2.41. The van der Waals surface area contributed by atoms with Crippen LogP contribution in [0, 0.1) is 6.92 Å². The number of aromatic nitrogens is 2. The molecule has 1 fully saturated rings. The monoisotopic (exact) mass is 385 g/mol. The number of hydrogen-bond acceptors (Lipinski definition) is 6. The lowest BCUT2D eigenvalue weighted by Gasteiger charge is -2.11. The summed E-state index contributed by atoms with van der Waals surface area (Å²) in [6, 6.07) is 10.0. The van der Waals surface area contributed by atoms with E-state index in [2.05, 4.69) is 15.3 Å². The summed E-state index contributed by atoms with van der Waals surface area (Å²) in [6.45, 7) is 2.35. The molecule has 142 valence electrons. The van der Waals surface area contributed by atoms with Crippen molar-refractivity contribution in [2.75, 3.05) is 19.4 Å². The lowest BCUT2D eigenvalue weighted by molar-refractivity contribution is -0.118. The Balaban J connectivity index is 1.60. The summed E-state index contributed by atoms with van der Waals surface area (Å²) in [5.74, 6) is 0.763. The Labute approximate surface area is 163 Å². The number of amides is 1. The molecule has 0 spiro atoms. The van der Waals surface area contributed by atoms with E-state index in [1.165, 1.54) is 24.4 Å². The number of esters is 1. The first-order chi connectivity index (χ1) is 13.1. The predicted octanol–water partition coefficient (Wildman–Crippen LogP) is 2.90. The lowest BCUT2D eigenvalue weighted by Crippen LogP contribution is -2.27. The van der Waals surface area contributed by atoms with Gasteiger partial charge in [-0.2, -0.15) is 0 Å². The molecular formula is C20H23N3O3S. The van der Waals surface area contributed by atoms with Crippen LogP contribution >= 0.6 is 11.8 Å². The van der Waals surface area contributed by atoms with Crippen LogP contribution in [0.15, 0.2) is 35.4 Å². The van der Waals surface area contributed by atoms with Gasteiger partial charge in [0.15, 0.2) is 0 Å². The average molecular weight is 385 g/mol. The van der Waals surface area contributed by atoms with Crippen molar-refractivity contribution in [3.8, 4) is 0 Å². The van der Waals surface area contributed by atoms with Gasteiger partial charge in [0.25, 0.3) is 0 Å². The minimum atomic E-state index is -0.471. The van der Waals surface area contributed by atoms with E-state index in [1.54, 1.807) is 6.92 Å². The second kappa shape index (κ2) is 8.99. The fourth-order valence-corrected chi connectivity index (χ4v) is 3.61. The number of rotatable bonds is 8. The molecule has 1 saturated carbocycles. The topological polar surface area (TPSA) is 81.2 Å². The predicted molar refractivity (Wildman–Crippen MR) is 104 cm³/mol. The highest BCUT2D eigenvalue weighted by atomic mass is 32.2. The van der Waals surface area contributed by atoms with Crippen molar-refractivity contribution in [2.24, 2.45) is 0 Å². The number of ether oxygens (including phenoxy) is 1. The SMILES string of the molecule is COC(=O)c1c(C)nc(C2CC2)nc1SCC(=O)NCCc1ccccc1. The van der Waals surface area contributed by atoms with E-state index in [1.807, 2.05) is 30.3 Å². The van der Waals surface area contributed by atoms with Gasteiger partial charge in [0, 0.05) is 12.5 Å². The quantitative estimate of drug-likeness (QED) is 0.427. The maximum absolute atomic E-state index is 12.2. The van der Waals surface area contributed by atoms with Crippen molar-refractivity contribution in [3.05, 3.63) is 53.0 Å². The van der Waals surface area contributed by atoms with Crippen molar-refractivity contribution >= 4 is 23.6 Å². The molecule has 1 amide bonds. The van der Waals surface area contributed by atoms with Crippen molar-refractivity contribution in [2.45, 2.75) is 37.1 Å². The molecule has 1 aromatic carbocycles. The zero-order valence-electron chi connectivity index (χ0n) is 15.5. The largest absolute Gasteiger partial charge is 0.465 e. The molecule has 3 rings (SSSR count). The van der Waals surface area contributed by atoms with Crippen molar-refractivity contribution in [3.63, 3.8) is 0 Å². The Morgan fingerprint density at radius 2 is 1.96 bits per heavy atom. The van der Waals surface area contributed by atoms with Gasteiger partial charge < -0.3 is 10.1 Å². The van der Waals surface area contributed by atoms with Gasteiger partial charge in [-0.1, -0.05) is 42.1 Å². The number of nitrogens with zero attached hydrogens (tertiary/aromatic N) is 2. The van der Waals surface area contributed by atoms with Gasteiger partial charge in [-0.3, -0.25) is 4.79 Å². The number of benzene rings is 1. The number of methoxy groups -OCH3 is 1. The molecule has 0 atom stereocenters. The van der Waals surface area contributed by atoms with E-state index < -0.39 is 5.97 Å². The Morgan fingerprint density at radius 1 is 1.22 bits per heavy atom. The number of carbonyl (C=O) groups is 2. The highest BCUT2D eigenvalue weighted by molar-refractivity contribution is 8.00. The van der Waals surface area contributed by atoms with E-state index in [0.717, 1.165) is 25.1 Å². The van der Waals surface area contributed by atoms with Gasteiger partial charge in [-0.05, 0) is 31.7 Å². The van der Waals surface area contributed by atoms with Gasteiger partial charge in [0.1, 0.15) is 16.4 Å². The summed E-state index contributed by atoms with van der Waals surface area (Å²) >= 11 is 1.25. The summed E-state index contributed by atoms with van der Waals surface area (Å²) < 4.78 is 4.86. The van der Waals surface area contributed by atoms with E-state index in [4.69, 9.17) is 4.74 Å². The molecule has 0 radical (unpaired) electrons. The minimum absolute atomic E-state index is 0.0871. The zero-order chi connectivity index (χ0) is 19.2. The molecule has 2 aromatic rings. The van der Waals surface area contributed by atoms with Crippen molar-refractivity contribution in [1.82, 2.24) is 15.3 Å². The van der Waals surface area contributed by atoms with Crippen LogP contribution in [0.4, 0.5) is 0 Å². The summed E-state index contributed by atoms with van der Waals surface area (Å²) in [4.78, 5) is 33.3. The Bertz CT molecular complexity index is 823. The first kappa shape index (κ1) is 19.4. The highest BCUT2D eigenvalue weighted by Gasteiger charge is 2.29. The fraction of sp³-hybridized carbons (Fsp3) is 0.400. The van der Waals surface area contributed by atoms with Gasteiger partial charge in [-0.25, -0.2) is 14.8 Å². The van der Waals surface area contributed by atoms with Crippen LogP contribution in [0.1, 0.15) is 46.2 Å². The molecule has 1 N–H and O–H groups in total. The zero-order valence-corrected chi connectivity index (χ0v) is 16.3. The number of carbonyl (C=O) groups excluding carboxylic acids is 2. The van der Waals surface area contributed by atoms with Gasteiger partial charge >= 0.3 is 5.97 Å². The first-order valence-electron chi connectivity index (χ1n) is 8.98. The molecular weight excluding hydrogens is 362 g/mol. The van der Waals surface area contributed by atoms with Crippen molar-refractivity contribution in [1.29, 1.82) is 0 Å². The van der Waals surface area contributed by atoms with Crippen LogP contribution < -0.4 is 5.32 Å². The van der Waals surface area contributed by atoms with Crippen LogP contribution in [-0.2, 0) is 16.0 Å². The second-order valence-electron chi connectivity index (χ2n) is 6.49. The summed E-state index contributed by atoms with van der Waals surface area (Å²) in [5, 5.41) is 3.43. The Kier molecular flexibility index (Phi) is 6.45. The molecule has 27 heavy (non-hydrogen) atoms. The minimum Gasteiger partial charge on any atom is -0.465 e. The molecule has 0 unspecified atom stereocenters.